The molecule has 3 aromatic carbocycles. The highest BCUT2D eigenvalue weighted by atomic mass is 79.9. The van der Waals surface area contributed by atoms with Gasteiger partial charge in [-0.15, -0.1) is 0 Å². The third-order valence-corrected chi connectivity index (χ3v) is 16.3. The van der Waals surface area contributed by atoms with E-state index in [-0.39, 0.29) is 28.4 Å². The minimum absolute atomic E-state index is 0.0556. The molecule has 0 amide bonds. The lowest BCUT2D eigenvalue weighted by atomic mass is 9.82. The zero-order valence-electron chi connectivity index (χ0n) is 54.2. The molecule has 12 aromatic heterocycles. The number of hydrogen-bond acceptors (Lipinski definition) is 17. The Kier molecular flexibility index (Phi) is 20.2. The van der Waals surface area contributed by atoms with Crippen molar-refractivity contribution in [2.75, 3.05) is 35.6 Å². The standard InChI is InChI=1S/C23H22FN7O.C23H20FN7O.C18H17BrN6O.C5H5BFNO2/c2*1-14(2)20-12-27-22-21(28-18(13-31(20)22)15-9-16(24)11-25-10-15)26-7-8-30-19-6-4-3-5-17(19)29-23(30)32;1-11(2)14-9-21-17-16(23-15(19)10-25(14)17)20-7-8-24-13-6-4-3-5-12(13)22-18(24)26;7-5-1-4(6(9)10)2-8-3-5/h3-6,9-14H,7-8H2,1-2H3,(H,26,28)(H,29,32);3-6,9-13H,1,7-8H2,2H3,(H,26,28)(H,29,32);3-6,9-10H,1,7-8H2,2H3,(H,20,23)(H,22,26);1-3,9-10H. The topological polar surface area (TPSA) is 319 Å². The van der Waals surface area contributed by atoms with Gasteiger partial charge in [0.05, 0.1) is 86.9 Å². The summed E-state index contributed by atoms with van der Waals surface area (Å²) in [7, 11) is -1.65. The van der Waals surface area contributed by atoms with Gasteiger partial charge < -0.3 is 41.0 Å². The van der Waals surface area contributed by atoms with E-state index in [2.05, 4.69) is 114 Å². The summed E-state index contributed by atoms with van der Waals surface area (Å²) in [6.07, 6.45) is 18.5. The lowest BCUT2D eigenvalue weighted by Gasteiger charge is -2.12. The number of H-pyrrole nitrogens is 3. The zero-order chi connectivity index (χ0) is 70.3. The van der Waals surface area contributed by atoms with Crippen LogP contribution in [0.4, 0.5) is 30.6 Å². The van der Waals surface area contributed by atoms with Crippen LogP contribution in [0.25, 0.3) is 83.7 Å². The number of halogens is 4. The number of rotatable bonds is 18. The summed E-state index contributed by atoms with van der Waals surface area (Å²) < 4.78 is 51.3. The number of pyridine rings is 3. The van der Waals surface area contributed by atoms with E-state index in [1.165, 1.54) is 18.3 Å². The van der Waals surface area contributed by atoms with Gasteiger partial charge in [0.2, 0.25) is 0 Å². The molecule has 0 bridgehead atoms. The van der Waals surface area contributed by atoms with Crippen molar-refractivity contribution < 1.29 is 23.2 Å². The second-order valence-electron chi connectivity index (χ2n) is 23.3. The van der Waals surface area contributed by atoms with Gasteiger partial charge >= 0.3 is 24.2 Å². The molecule has 0 aliphatic rings. The number of aromatic amines is 3. The number of hydrogen-bond donors (Lipinski definition) is 8. The number of nitrogens with one attached hydrogen (secondary N) is 6. The van der Waals surface area contributed by atoms with Gasteiger partial charge in [-0.2, -0.15) is 0 Å². The summed E-state index contributed by atoms with van der Waals surface area (Å²) in [5.41, 5.74) is 13.4. The van der Waals surface area contributed by atoms with E-state index in [0.717, 1.165) is 91.6 Å². The number of benzene rings is 3. The number of para-hydroxylation sites is 6. The maximum Gasteiger partial charge on any atom is 0.490 e. The molecule has 31 heteroatoms. The number of aromatic nitrogens is 18. The van der Waals surface area contributed by atoms with Crippen molar-refractivity contribution in [2.24, 2.45) is 0 Å². The number of imidazole rings is 6. The summed E-state index contributed by atoms with van der Waals surface area (Å²) in [6.45, 7) is 18.8. The molecule has 15 aromatic rings. The van der Waals surface area contributed by atoms with E-state index in [4.69, 9.17) is 15.0 Å². The van der Waals surface area contributed by atoms with E-state index < -0.39 is 24.6 Å². The molecule has 12 heterocycles. The van der Waals surface area contributed by atoms with Crippen LogP contribution < -0.4 is 38.5 Å². The molecule has 0 unspecified atom stereocenters. The average Bonchev–Trinajstić information content (AvgIpc) is 1.24. The van der Waals surface area contributed by atoms with Crippen molar-refractivity contribution in [1.29, 1.82) is 0 Å². The number of nitrogens with zero attached hydrogens (tertiary/aromatic N) is 15. The predicted octanol–water partition coefficient (Wildman–Crippen LogP) is 9.71. The average molecular weight is 1420 g/mol. The predicted molar refractivity (Wildman–Crippen MR) is 384 cm³/mol. The van der Waals surface area contributed by atoms with Crippen LogP contribution in [0.1, 0.15) is 50.7 Å². The first-order valence-corrected chi connectivity index (χ1v) is 32.1. The maximum atomic E-state index is 13.8. The molecule has 0 aliphatic carbocycles. The molecule has 15 rings (SSSR count). The van der Waals surface area contributed by atoms with Gasteiger partial charge in [-0.3, -0.25) is 41.9 Å². The van der Waals surface area contributed by atoms with Gasteiger partial charge in [0.15, 0.2) is 34.4 Å². The fraction of sp³-hybridized carbons (Fsp3) is 0.159. The molecular formula is C69H64BBrF3N21O5. The van der Waals surface area contributed by atoms with Crippen LogP contribution >= 0.6 is 15.9 Å². The molecule has 100 heavy (non-hydrogen) atoms. The monoisotopic (exact) mass is 1410 g/mol. The van der Waals surface area contributed by atoms with Crippen LogP contribution in [0.2, 0.25) is 0 Å². The highest BCUT2D eigenvalue weighted by Crippen LogP contribution is 2.29. The van der Waals surface area contributed by atoms with E-state index in [1.807, 2.05) is 118 Å². The molecule has 506 valence electrons. The molecule has 0 spiro atoms. The van der Waals surface area contributed by atoms with Crippen LogP contribution in [0.5, 0.6) is 0 Å². The van der Waals surface area contributed by atoms with Crippen molar-refractivity contribution in [1.82, 2.24) is 86.7 Å². The van der Waals surface area contributed by atoms with Crippen molar-refractivity contribution in [3.8, 4) is 22.5 Å². The van der Waals surface area contributed by atoms with Crippen molar-refractivity contribution >= 4 is 107 Å². The largest absolute Gasteiger partial charge is 0.490 e. The normalized spacial score (nSPS) is 11.2. The molecule has 26 nitrogen and oxygen atoms in total. The SMILES string of the molecule is C=C(C)c1cnc2c(NCCn3c(=O)[nH]c4ccccc43)nc(-c3cncc(F)c3)cn12.C=C(C)c1cnc2c(NCCn3c(=O)[nH]c4ccccc43)nc(Br)cn12.CC(C)c1cnc2c(NCCn3c(=O)[nH]c4ccccc43)nc(-c3cncc(F)c3)cn12.OB(O)c1cncc(F)c1. The van der Waals surface area contributed by atoms with E-state index in [1.54, 1.807) is 44.7 Å². The Morgan fingerprint density at radius 2 is 0.900 bits per heavy atom. The van der Waals surface area contributed by atoms with Gasteiger partial charge in [-0.05, 0) is 101 Å². The fourth-order valence-corrected chi connectivity index (χ4v) is 11.5. The van der Waals surface area contributed by atoms with Gasteiger partial charge in [-0.1, -0.05) is 63.4 Å². The van der Waals surface area contributed by atoms with Crippen molar-refractivity contribution in [3.05, 3.63) is 249 Å². The number of allylic oxidation sites excluding steroid dienone is 2. The van der Waals surface area contributed by atoms with Crippen LogP contribution in [-0.4, -0.2) is 124 Å². The van der Waals surface area contributed by atoms with E-state index in [9.17, 15) is 27.6 Å². The molecule has 0 aliphatic heterocycles. The minimum atomic E-state index is -1.65. The Morgan fingerprint density at radius 3 is 1.30 bits per heavy atom. The summed E-state index contributed by atoms with van der Waals surface area (Å²) in [5, 5.41) is 26.9. The Bertz CT molecular complexity index is 5710. The molecule has 0 radical (unpaired) electrons. The Balaban J connectivity index is 0.000000133. The summed E-state index contributed by atoms with van der Waals surface area (Å²) in [6, 6.07) is 26.6. The second-order valence-corrected chi connectivity index (χ2v) is 24.1. The van der Waals surface area contributed by atoms with Crippen LogP contribution in [-0.2, 0) is 19.6 Å². The quantitative estimate of drug-likeness (QED) is 0.0371. The number of anilines is 3. The van der Waals surface area contributed by atoms with E-state index >= 15 is 0 Å². The zero-order valence-corrected chi connectivity index (χ0v) is 55.8. The molecule has 0 saturated heterocycles. The van der Waals surface area contributed by atoms with E-state index in [0.29, 0.717) is 95.1 Å². The third kappa shape index (κ3) is 14.9. The van der Waals surface area contributed by atoms with Crippen LogP contribution in [0.15, 0.2) is 198 Å². The first-order valence-electron chi connectivity index (χ1n) is 31.3. The van der Waals surface area contributed by atoms with Crippen molar-refractivity contribution in [2.45, 2.75) is 53.2 Å². The van der Waals surface area contributed by atoms with Crippen molar-refractivity contribution in [3.63, 3.8) is 0 Å². The molecule has 8 N–H and O–H groups in total. The summed E-state index contributed by atoms with van der Waals surface area (Å²) >= 11 is 3.44. The Hall–Kier alpha value is -12.1. The highest BCUT2D eigenvalue weighted by molar-refractivity contribution is 9.10. The molecule has 0 atom stereocenters. The molecule has 0 fully saturated rings. The second kappa shape index (κ2) is 29.7. The van der Waals surface area contributed by atoms with Gasteiger partial charge in [0.25, 0.3) is 0 Å². The highest BCUT2D eigenvalue weighted by Gasteiger charge is 2.19. The smallest absolute Gasteiger partial charge is 0.423 e. The third-order valence-electron chi connectivity index (χ3n) is 15.9. The fourth-order valence-electron chi connectivity index (χ4n) is 11.2. The minimum Gasteiger partial charge on any atom is -0.423 e. The lowest BCUT2D eigenvalue weighted by molar-refractivity contribution is 0.425. The first kappa shape index (κ1) is 67.9. The summed E-state index contributed by atoms with van der Waals surface area (Å²) in [5.74, 6) is 0.531. The number of fused-ring (bicyclic) bond motifs is 6. The maximum absolute atomic E-state index is 13.8. The summed E-state index contributed by atoms with van der Waals surface area (Å²) in [4.78, 5) is 84.0. The Morgan fingerprint density at radius 1 is 0.520 bits per heavy atom. The Labute approximate surface area is 574 Å². The van der Waals surface area contributed by atoms with Crippen LogP contribution in [0.3, 0.4) is 0 Å². The lowest BCUT2D eigenvalue weighted by Crippen LogP contribution is -2.30. The van der Waals surface area contributed by atoms with Gasteiger partial charge in [0, 0.05) is 105 Å². The first-order chi connectivity index (χ1) is 48.3. The van der Waals surface area contributed by atoms with Gasteiger partial charge in [0.1, 0.15) is 22.1 Å². The van der Waals surface area contributed by atoms with Gasteiger partial charge in [-0.25, -0.2) is 57.5 Å². The van der Waals surface area contributed by atoms with Crippen LogP contribution in [0, 0.1) is 17.5 Å². The molecular weight excluding hydrogens is 1350 g/mol. The molecule has 0 saturated carbocycles.